The van der Waals surface area contributed by atoms with Crippen molar-refractivity contribution in [1.29, 1.82) is 0 Å². The van der Waals surface area contributed by atoms with Crippen LogP contribution in [0.4, 0.5) is 0 Å². The van der Waals surface area contributed by atoms with Gasteiger partial charge in [-0.3, -0.25) is 4.98 Å². The summed E-state index contributed by atoms with van der Waals surface area (Å²) in [4.78, 5) is 4.41. The van der Waals surface area contributed by atoms with E-state index >= 15 is 0 Å². The maximum absolute atomic E-state index is 12.6. The Morgan fingerprint density at radius 2 is 1.88 bits per heavy atom. The van der Waals surface area contributed by atoms with Gasteiger partial charge in [0.05, 0.1) is 5.52 Å². The Kier molecular flexibility index (Phi) is 4.78. The van der Waals surface area contributed by atoms with E-state index in [-0.39, 0.29) is 18.0 Å². The van der Waals surface area contributed by atoms with E-state index in [1.165, 1.54) is 0 Å². The highest BCUT2D eigenvalue weighted by Gasteiger charge is 2.18. The fourth-order valence-corrected chi connectivity index (χ4v) is 3.72. The highest BCUT2D eigenvalue weighted by Crippen LogP contribution is 2.22. The summed E-state index contributed by atoms with van der Waals surface area (Å²) in [7, 11) is -3.66. The Balaban J connectivity index is 1.74. The maximum atomic E-state index is 12.6. The number of nitrogens with one attached hydrogen (secondary N) is 1. The summed E-state index contributed by atoms with van der Waals surface area (Å²) in [6, 6.07) is 16.5. The molecule has 0 spiro atoms. The van der Waals surface area contributed by atoms with Crippen LogP contribution in [-0.2, 0) is 10.0 Å². The number of benzene rings is 2. The molecule has 1 N–H and O–H groups in total. The lowest BCUT2D eigenvalue weighted by atomic mass is 10.1. The van der Waals surface area contributed by atoms with Gasteiger partial charge < -0.3 is 4.74 Å². The van der Waals surface area contributed by atoms with Crippen molar-refractivity contribution in [3.63, 3.8) is 0 Å². The van der Waals surface area contributed by atoms with E-state index in [0.29, 0.717) is 11.3 Å². The summed E-state index contributed by atoms with van der Waals surface area (Å²) in [5.74, 6) is 0.708. The Morgan fingerprint density at radius 1 is 1.08 bits per heavy atom. The van der Waals surface area contributed by atoms with Crippen LogP contribution < -0.4 is 9.46 Å². The molecule has 6 heteroatoms. The lowest BCUT2D eigenvalue weighted by molar-refractivity contribution is 0.323. The lowest BCUT2D eigenvalue weighted by Gasteiger charge is -2.11. The minimum atomic E-state index is -3.66. The summed E-state index contributed by atoms with van der Waals surface area (Å²) in [6.45, 7) is 2.30. The van der Waals surface area contributed by atoms with E-state index in [2.05, 4.69) is 9.71 Å². The Morgan fingerprint density at radius 3 is 2.67 bits per heavy atom. The first-order chi connectivity index (χ1) is 11.6. The first kappa shape index (κ1) is 16.4. The predicted octanol–water partition coefficient (Wildman–Crippen LogP) is 2.90. The molecule has 0 radical (unpaired) electrons. The molecule has 0 aliphatic heterocycles. The van der Waals surface area contributed by atoms with Gasteiger partial charge in [-0.15, -0.1) is 0 Å². The summed E-state index contributed by atoms with van der Waals surface area (Å²) in [6.07, 6.45) is 1.59. The quantitative estimate of drug-likeness (QED) is 0.700. The summed E-state index contributed by atoms with van der Waals surface area (Å²) >= 11 is 0. The first-order valence-corrected chi connectivity index (χ1v) is 9.07. The van der Waals surface area contributed by atoms with Crippen molar-refractivity contribution < 1.29 is 13.2 Å². The molecule has 0 atom stereocenters. The van der Waals surface area contributed by atoms with Crippen molar-refractivity contribution in [3.05, 3.63) is 66.4 Å². The third kappa shape index (κ3) is 3.72. The van der Waals surface area contributed by atoms with Crippen molar-refractivity contribution in [1.82, 2.24) is 9.71 Å². The molecular weight excluding hydrogens is 324 g/mol. The average Bonchev–Trinajstić information content (AvgIpc) is 2.59. The minimum Gasteiger partial charge on any atom is -0.492 e. The molecule has 5 nitrogen and oxygen atoms in total. The van der Waals surface area contributed by atoms with Gasteiger partial charge in [-0.2, -0.15) is 0 Å². The van der Waals surface area contributed by atoms with Gasteiger partial charge in [0.15, 0.2) is 0 Å². The number of hydrogen-bond acceptors (Lipinski definition) is 4. The second kappa shape index (κ2) is 6.98. The topological polar surface area (TPSA) is 68.3 Å². The first-order valence-electron chi connectivity index (χ1n) is 7.59. The molecule has 1 heterocycles. The predicted molar refractivity (Wildman–Crippen MR) is 93.6 cm³/mol. The van der Waals surface area contributed by atoms with E-state index < -0.39 is 10.0 Å². The molecule has 0 aliphatic carbocycles. The van der Waals surface area contributed by atoms with Gasteiger partial charge in [-0.25, -0.2) is 13.1 Å². The van der Waals surface area contributed by atoms with Crippen molar-refractivity contribution in [2.24, 2.45) is 0 Å². The van der Waals surface area contributed by atoms with Crippen LogP contribution in [-0.4, -0.2) is 26.6 Å². The van der Waals surface area contributed by atoms with Gasteiger partial charge in [0.25, 0.3) is 0 Å². The fourth-order valence-electron chi connectivity index (χ4n) is 2.45. The number of ether oxygens (including phenoxy) is 1. The van der Waals surface area contributed by atoms with E-state index in [0.717, 1.165) is 10.9 Å². The number of pyridine rings is 1. The normalized spacial score (nSPS) is 11.5. The average molecular weight is 342 g/mol. The SMILES string of the molecule is Cc1cc(S(=O)(=O)NCCOc2ccccc2)c2ncccc2c1. The Bertz CT molecular complexity index is 941. The van der Waals surface area contributed by atoms with E-state index in [1.54, 1.807) is 18.3 Å². The Hall–Kier alpha value is -2.44. The zero-order valence-corrected chi connectivity index (χ0v) is 14.1. The third-order valence-electron chi connectivity index (χ3n) is 3.51. The third-order valence-corrected chi connectivity index (χ3v) is 4.98. The van der Waals surface area contributed by atoms with Crippen LogP contribution in [0.5, 0.6) is 5.75 Å². The number of para-hydroxylation sites is 1. The highest BCUT2D eigenvalue weighted by atomic mass is 32.2. The smallest absolute Gasteiger partial charge is 0.242 e. The van der Waals surface area contributed by atoms with E-state index in [9.17, 15) is 8.42 Å². The van der Waals surface area contributed by atoms with Crippen molar-refractivity contribution in [2.75, 3.05) is 13.2 Å². The summed E-state index contributed by atoms with van der Waals surface area (Å²) in [5.41, 5.74) is 1.34. The molecule has 3 rings (SSSR count). The maximum Gasteiger partial charge on any atom is 0.242 e. The molecule has 0 saturated carbocycles. The van der Waals surface area contributed by atoms with Crippen molar-refractivity contribution in [2.45, 2.75) is 11.8 Å². The molecule has 0 aliphatic rings. The highest BCUT2D eigenvalue weighted by molar-refractivity contribution is 7.89. The van der Waals surface area contributed by atoms with Gasteiger partial charge in [0, 0.05) is 18.1 Å². The molecule has 0 bridgehead atoms. The number of aryl methyl sites for hydroxylation is 1. The number of nitrogens with zero attached hydrogens (tertiary/aromatic N) is 1. The van der Waals surface area contributed by atoms with Crippen molar-refractivity contribution >= 4 is 20.9 Å². The van der Waals surface area contributed by atoms with Crippen molar-refractivity contribution in [3.8, 4) is 5.75 Å². The molecule has 3 aromatic rings. The summed E-state index contributed by atoms with van der Waals surface area (Å²) < 4.78 is 33.3. The number of fused-ring (bicyclic) bond motifs is 1. The minimum absolute atomic E-state index is 0.180. The van der Waals surface area contributed by atoms with Gasteiger partial charge in [0.1, 0.15) is 17.3 Å². The lowest BCUT2D eigenvalue weighted by Crippen LogP contribution is -2.28. The van der Waals surface area contributed by atoms with Crippen LogP contribution >= 0.6 is 0 Å². The molecule has 2 aromatic carbocycles. The molecule has 124 valence electrons. The largest absolute Gasteiger partial charge is 0.492 e. The van der Waals surface area contributed by atoms with Crippen LogP contribution in [0.15, 0.2) is 65.7 Å². The van der Waals surface area contributed by atoms with Crippen LogP contribution in [0.2, 0.25) is 0 Å². The van der Waals surface area contributed by atoms with E-state index in [4.69, 9.17) is 4.74 Å². The number of hydrogen-bond donors (Lipinski definition) is 1. The number of aromatic nitrogens is 1. The molecule has 0 saturated heterocycles. The second-order valence-electron chi connectivity index (χ2n) is 5.40. The van der Waals surface area contributed by atoms with Gasteiger partial charge in [0.2, 0.25) is 10.0 Å². The molecule has 0 amide bonds. The zero-order chi connectivity index (χ0) is 17.0. The number of rotatable bonds is 6. The molecule has 0 unspecified atom stereocenters. The van der Waals surface area contributed by atoms with Crippen LogP contribution in [0.1, 0.15) is 5.56 Å². The Labute approximate surface area is 141 Å². The number of sulfonamides is 1. The van der Waals surface area contributed by atoms with Gasteiger partial charge >= 0.3 is 0 Å². The van der Waals surface area contributed by atoms with E-state index in [1.807, 2.05) is 49.4 Å². The fraction of sp³-hybridized carbons (Fsp3) is 0.167. The van der Waals surface area contributed by atoms with Gasteiger partial charge in [-0.05, 0) is 42.8 Å². The van der Waals surface area contributed by atoms with Crippen LogP contribution in [0, 0.1) is 6.92 Å². The summed E-state index contributed by atoms with van der Waals surface area (Å²) in [5, 5.41) is 0.804. The second-order valence-corrected chi connectivity index (χ2v) is 7.13. The van der Waals surface area contributed by atoms with Crippen LogP contribution in [0.3, 0.4) is 0 Å². The molecule has 24 heavy (non-hydrogen) atoms. The zero-order valence-electron chi connectivity index (χ0n) is 13.3. The molecule has 1 aromatic heterocycles. The molecular formula is C18H18N2O3S. The standard InChI is InChI=1S/C18H18N2O3S/c1-14-12-15-6-5-9-19-18(15)17(13-14)24(21,22)20-10-11-23-16-7-3-2-4-8-16/h2-9,12-13,20H,10-11H2,1H3. The van der Waals surface area contributed by atoms with Gasteiger partial charge in [-0.1, -0.05) is 24.3 Å². The monoisotopic (exact) mass is 342 g/mol. The molecule has 0 fully saturated rings. The van der Waals surface area contributed by atoms with Crippen LogP contribution in [0.25, 0.3) is 10.9 Å².